The van der Waals surface area contributed by atoms with Crippen molar-refractivity contribution in [2.24, 2.45) is 4.99 Å². The summed E-state index contributed by atoms with van der Waals surface area (Å²) in [6.45, 7) is 3.50. The van der Waals surface area contributed by atoms with Gasteiger partial charge in [-0.15, -0.1) is 4.99 Å². The van der Waals surface area contributed by atoms with E-state index in [1.807, 2.05) is 77.5 Å². The molecule has 3 aromatic rings. The standard InChI is InChI=1S/C24H23N5O2/c1-18-8-5-6-11-20(18)27-24(26-17-25)28-13-14-29(23(30)22-12-7-15-31-22)21(16-28)19-9-3-2-4-10-19/h2-12,15,21H,13-14,16H2,1H3,(H,26,27). The molecule has 1 saturated heterocycles. The van der Waals surface area contributed by atoms with Gasteiger partial charge in [-0.05, 0) is 36.2 Å². The molecule has 0 radical (unpaired) electrons. The van der Waals surface area contributed by atoms with Crippen molar-refractivity contribution < 1.29 is 9.21 Å². The quantitative estimate of drug-likeness (QED) is 0.398. The third-order valence-electron chi connectivity index (χ3n) is 5.40. The monoisotopic (exact) mass is 413 g/mol. The van der Waals surface area contributed by atoms with Gasteiger partial charge in [0.1, 0.15) is 0 Å². The molecule has 2 aromatic carbocycles. The van der Waals surface area contributed by atoms with Crippen molar-refractivity contribution in [3.63, 3.8) is 0 Å². The summed E-state index contributed by atoms with van der Waals surface area (Å²) < 4.78 is 5.35. The Morgan fingerprint density at radius 3 is 2.58 bits per heavy atom. The maximum absolute atomic E-state index is 13.1. The Hall–Kier alpha value is -4.05. The van der Waals surface area contributed by atoms with Crippen LogP contribution in [-0.2, 0) is 0 Å². The number of anilines is 1. The molecule has 0 saturated carbocycles. The topological polar surface area (TPSA) is 84.9 Å². The molecule has 1 amide bonds. The minimum absolute atomic E-state index is 0.149. The zero-order chi connectivity index (χ0) is 21.6. The molecule has 0 aliphatic carbocycles. The third kappa shape index (κ3) is 4.43. The van der Waals surface area contributed by atoms with Crippen molar-refractivity contribution >= 4 is 17.6 Å². The Balaban J connectivity index is 1.62. The van der Waals surface area contributed by atoms with E-state index in [-0.39, 0.29) is 11.9 Å². The van der Waals surface area contributed by atoms with E-state index in [1.54, 1.807) is 12.1 Å². The maximum Gasteiger partial charge on any atom is 0.290 e. The van der Waals surface area contributed by atoms with E-state index < -0.39 is 0 Å². The van der Waals surface area contributed by atoms with E-state index in [1.165, 1.54) is 6.26 Å². The number of nitrogens with one attached hydrogen (secondary N) is 1. The number of furan rings is 1. The SMILES string of the molecule is Cc1ccccc1N/C(=N/C#N)N1CCN(C(=O)c2ccco2)C(c2ccccc2)C1. The van der Waals surface area contributed by atoms with Crippen LogP contribution < -0.4 is 5.32 Å². The van der Waals surface area contributed by atoms with Gasteiger partial charge in [0.2, 0.25) is 12.2 Å². The van der Waals surface area contributed by atoms with Gasteiger partial charge in [-0.1, -0.05) is 48.5 Å². The zero-order valence-corrected chi connectivity index (χ0v) is 17.2. The number of aliphatic imine (C=N–C) groups is 1. The Morgan fingerprint density at radius 2 is 1.87 bits per heavy atom. The highest BCUT2D eigenvalue weighted by Crippen LogP contribution is 2.28. The first-order valence-corrected chi connectivity index (χ1v) is 10.1. The van der Waals surface area contributed by atoms with E-state index in [0.717, 1.165) is 16.8 Å². The van der Waals surface area contributed by atoms with Crippen molar-refractivity contribution in [1.29, 1.82) is 5.26 Å². The number of benzene rings is 2. The predicted octanol–water partition coefficient (Wildman–Crippen LogP) is 4.04. The third-order valence-corrected chi connectivity index (χ3v) is 5.40. The first-order chi connectivity index (χ1) is 15.2. The molecule has 1 aliphatic rings. The number of para-hydroxylation sites is 1. The van der Waals surface area contributed by atoms with Crippen LogP contribution in [0.3, 0.4) is 0 Å². The minimum Gasteiger partial charge on any atom is -0.459 e. The summed E-state index contributed by atoms with van der Waals surface area (Å²) in [6.07, 6.45) is 3.41. The van der Waals surface area contributed by atoms with Crippen molar-refractivity contribution in [2.45, 2.75) is 13.0 Å². The molecule has 0 spiro atoms. The molecule has 4 rings (SSSR count). The molecule has 1 N–H and O–H groups in total. The largest absolute Gasteiger partial charge is 0.459 e. The molecule has 7 nitrogen and oxygen atoms in total. The number of amides is 1. The van der Waals surface area contributed by atoms with Crippen LogP contribution in [0, 0.1) is 18.4 Å². The van der Waals surface area contributed by atoms with Gasteiger partial charge < -0.3 is 19.5 Å². The average Bonchev–Trinajstić information content (AvgIpc) is 3.35. The zero-order valence-electron chi connectivity index (χ0n) is 17.2. The number of nitriles is 1. The maximum atomic E-state index is 13.1. The van der Waals surface area contributed by atoms with E-state index in [9.17, 15) is 10.1 Å². The molecule has 31 heavy (non-hydrogen) atoms. The molecule has 1 aliphatic heterocycles. The molecule has 2 heterocycles. The van der Waals surface area contributed by atoms with Crippen LogP contribution in [0.1, 0.15) is 27.7 Å². The summed E-state index contributed by atoms with van der Waals surface area (Å²) >= 11 is 0. The summed E-state index contributed by atoms with van der Waals surface area (Å²) in [4.78, 5) is 21.0. The average molecular weight is 413 g/mol. The molecule has 156 valence electrons. The predicted molar refractivity (Wildman–Crippen MR) is 118 cm³/mol. The molecule has 1 aromatic heterocycles. The summed E-state index contributed by atoms with van der Waals surface area (Å²) in [5.41, 5.74) is 2.96. The van der Waals surface area contributed by atoms with E-state index in [2.05, 4.69) is 10.3 Å². The van der Waals surface area contributed by atoms with E-state index in [4.69, 9.17) is 4.42 Å². The second kappa shape index (κ2) is 9.18. The lowest BCUT2D eigenvalue weighted by molar-refractivity contribution is 0.0519. The first kappa shape index (κ1) is 20.2. The van der Waals surface area contributed by atoms with Crippen molar-refractivity contribution in [1.82, 2.24) is 9.80 Å². The van der Waals surface area contributed by atoms with Crippen LogP contribution in [-0.4, -0.2) is 41.3 Å². The summed E-state index contributed by atoms with van der Waals surface area (Å²) in [6, 6.07) is 20.9. The highest BCUT2D eigenvalue weighted by molar-refractivity contribution is 5.95. The fourth-order valence-electron chi connectivity index (χ4n) is 3.78. The van der Waals surface area contributed by atoms with Crippen LogP contribution >= 0.6 is 0 Å². The smallest absolute Gasteiger partial charge is 0.290 e. The fourth-order valence-corrected chi connectivity index (χ4v) is 3.78. The lowest BCUT2D eigenvalue weighted by atomic mass is 10.0. The summed E-state index contributed by atoms with van der Waals surface area (Å²) in [5, 5.41) is 12.6. The Morgan fingerprint density at radius 1 is 1.10 bits per heavy atom. The van der Waals surface area contributed by atoms with Crippen molar-refractivity contribution in [2.75, 3.05) is 25.0 Å². The van der Waals surface area contributed by atoms with Crippen LogP contribution in [0.2, 0.25) is 0 Å². The Kier molecular flexibility index (Phi) is 5.99. The van der Waals surface area contributed by atoms with Gasteiger partial charge >= 0.3 is 0 Å². The number of nitrogens with zero attached hydrogens (tertiary/aromatic N) is 4. The Labute approximate surface area is 181 Å². The van der Waals surface area contributed by atoms with Gasteiger partial charge in [-0.2, -0.15) is 5.26 Å². The van der Waals surface area contributed by atoms with Crippen LogP contribution in [0.15, 0.2) is 82.4 Å². The first-order valence-electron chi connectivity index (χ1n) is 10.1. The van der Waals surface area contributed by atoms with Crippen LogP contribution in [0.25, 0.3) is 0 Å². The molecule has 7 heteroatoms. The lowest BCUT2D eigenvalue weighted by Crippen LogP contribution is -2.53. The number of piperazine rings is 1. The second-order valence-corrected chi connectivity index (χ2v) is 7.32. The number of aryl methyl sites for hydroxylation is 1. The van der Waals surface area contributed by atoms with Gasteiger partial charge in [0.15, 0.2) is 5.76 Å². The van der Waals surface area contributed by atoms with Crippen molar-refractivity contribution in [3.8, 4) is 6.19 Å². The van der Waals surface area contributed by atoms with Gasteiger partial charge in [0.25, 0.3) is 5.91 Å². The molecule has 1 unspecified atom stereocenters. The van der Waals surface area contributed by atoms with Gasteiger partial charge in [-0.25, -0.2) is 0 Å². The van der Waals surface area contributed by atoms with Crippen LogP contribution in [0.4, 0.5) is 5.69 Å². The molecule has 1 atom stereocenters. The number of carbonyl (C=O) groups is 1. The molecule has 0 bridgehead atoms. The molecule has 1 fully saturated rings. The fraction of sp³-hybridized carbons (Fsp3) is 0.208. The number of guanidine groups is 1. The van der Waals surface area contributed by atoms with Gasteiger partial charge in [0, 0.05) is 25.3 Å². The number of rotatable bonds is 3. The van der Waals surface area contributed by atoms with Crippen LogP contribution in [0.5, 0.6) is 0 Å². The Bertz CT molecular complexity index is 1100. The van der Waals surface area contributed by atoms with E-state index >= 15 is 0 Å². The second-order valence-electron chi connectivity index (χ2n) is 7.32. The number of hydrogen-bond acceptors (Lipinski definition) is 4. The molecular weight excluding hydrogens is 390 g/mol. The minimum atomic E-state index is -0.213. The molecular formula is C24H23N5O2. The highest BCUT2D eigenvalue weighted by atomic mass is 16.3. The van der Waals surface area contributed by atoms with Gasteiger partial charge in [0.05, 0.1) is 12.3 Å². The number of carbonyl (C=O) groups excluding carboxylic acids is 1. The van der Waals surface area contributed by atoms with Crippen molar-refractivity contribution in [3.05, 3.63) is 89.9 Å². The van der Waals surface area contributed by atoms with Gasteiger partial charge in [-0.3, -0.25) is 4.79 Å². The highest BCUT2D eigenvalue weighted by Gasteiger charge is 2.34. The van der Waals surface area contributed by atoms with E-state index in [0.29, 0.717) is 31.4 Å². The summed E-state index contributed by atoms with van der Waals surface area (Å²) in [7, 11) is 0. The normalized spacial score (nSPS) is 16.6. The summed E-state index contributed by atoms with van der Waals surface area (Å²) in [5.74, 6) is 0.644. The number of hydrogen-bond donors (Lipinski definition) is 1. The lowest BCUT2D eigenvalue weighted by Gasteiger charge is -2.42.